The lowest BCUT2D eigenvalue weighted by Gasteiger charge is -2.07. The maximum atomic E-state index is 6.33. The molecule has 3 aromatic carbocycles. The summed E-state index contributed by atoms with van der Waals surface area (Å²) in [5, 5.41) is 9.85. The van der Waals surface area contributed by atoms with Crippen LogP contribution in [-0.4, -0.2) is 40.0 Å². The van der Waals surface area contributed by atoms with Crippen molar-refractivity contribution in [2.75, 3.05) is 14.2 Å². The first-order valence-corrected chi connectivity index (χ1v) is 12.4. The standard InChI is InChI=1S/C29H22ClN5O4/c1-36-21-12-10-18(11-13-21)25-26-28-33-24(16-38-32-15-20-6-3-4-9-23(20)30)34-35(28)17-31-29(26)39-27(25)19-7-5-8-22(14-19)37-2/h3-15,17H,16H2,1-2H3/b32-15+. The van der Waals surface area contributed by atoms with Crippen molar-refractivity contribution in [3.63, 3.8) is 0 Å². The predicted molar refractivity (Wildman–Crippen MR) is 148 cm³/mol. The molecule has 0 unspecified atom stereocenters. The van der Waals surface area contributed by atoms with Crippen molar-refractivity contribution in [2.45, 2.75) is 6.61 Å². The second-order valence-electron chi connectivity index (χ2n) is 8.52. The van der Waals surface area contributed by atoms with Crippen molar-refractivity contribution < 1.29 is 18.7 Å². The summed E-state index contributed by atoms with van der Waals surface area (Å²) in [6.45, 7) is 0.0581. The number of ether oxygens (including phenoxy) is 2. The molecule has 0 atom stereocenters. The molecule has 0 aliphatic rings. The molecule has 0 saturated heterocycles. The van der Waals surface area contributed by atoms with E-state index in [0.29, 0.717) is 33.7 Å². The highest BCUT2D eigenvalue weighted by Crippen LogP contribution is 2.42. The van der Waals surface area contributed by atoms with Crippen LogP contribution in [0.3, 0.4) is 0 Å². The lowest BCUT2D eigenvalue weighted by molar-refractivity contribution is 0.126. The second kappa shape index (κ2) is 10.5. The quantitative estimate of drug-likeness (QED) is 0.162. The minimum Gasteiger partial charge on any atom is -0.497 e. The van der Waals surface area contributed by atoms with E-state index in [2.05, 4.69) is 15.2 Å². The fraction of sp³-hybridized carbons (Fsp3) is 0.103. The number of hydrogen-bond donors (Lipinski definition) is 0. The zero-order valence-corrected chi connectivity index (χ0v) is 21.8. The first-order valence-electron chi connectivity index (χ1n) is 12.0. The van der Waals surface area contributed by atoms with Gasteiger partial charge >= 0.3 is 0 Å². The van der Waals surface area contributed by atoms with E-state index in [4.69, 9.17) is 35.3 Å². The summed E-state index contributed by atoms with van der Waals surface area (Å²) in [4.78, 5) is 14.7. The van der Waals surface area contributed by atoms with Gasteiger partial charge < -0.3 is 18.7 Å². The molecule has 10 heteroatoms. The maximum Gasteiger partial charge on any atom is 0.232 e. The Labute approximate surface area is 228 Å². The summed E-state index contributed by atoms with van der Waals surface area (Å²) >= 11 is 6.17. The van der Waals surface area contributed by atoms with Crippen LogP contribution >= 0.6 is 11.6 Å². The third kappa shape index (κ3) is 4.75. The zero-order chi connectivity index (χ0) is 26.8. The number of nitrogens with zero attached hydrogens (tertiary/aromatic N) is 5. The van der Waals surface area contributed by atoms with Crippen LogP contribution in [0.1, 0.15) is 11.4 Å². The highest BCUT2D eigenvalue weighted by molar-refractivity contribution is 6.33. The fourth-order valence-corrected chi connectivity index (χ4v) is 4.46. The molecule has 0 N–H and O–H groups in total. The van der Waals surface area contributed by atoms with E-state index in [1.165, 1.54) is 0 Å². The SMILES string of the molecule is COc1ccc(-c2c(-c3cccc(OC)c3)oc3ncn4nc(CO/N=C/c5ccccc5Cl)nc4c23)cc1. The monoisotopic (exact) mass is 539 g/mol. The molecule has 0 fully saturated rings. The van der Waals surface area contributed by atoms with E-state index in [-0.39, 0.29) is 6.61 Å². The van der Waals surface area contributed by atoms with Gasteiger partial charge in [0.15, 0.2) is 18.1 Å². The Hall–Kier alpha value is -4.89. The first kappa shape index (κ1) is 24.4. The van der Waals surface area contributed by atoms with Crippen molar-refractivity contribution in [3.05, 3.63) is 95.5 Å². The van der Waals surface area contributed by atoms with Gasteiger partial charge in [0.1, 0.15) is 23.6 Å². The van der Waals surface area contributed by atoms with Crippen LogP contribution in [-0.2, 0) is 11.4 Å². The molecule has 3 aromatic heterocycles. The molecule has 0 amide bonds. The number of oxime groups is 1. The van der Waals surface area contributed by atoms with Gasteiger partial charge in [-0.3, -0.25) is 0 Å². The summed E-state index contributed by atoms with van der Waals surface area (Å²) < 4.78 is 18.7. The van der Waals surface area contributed by atoms with Crippen molar-refractivity contribution >= 4 is 34.6 Å². The largest absolute Gasteiger partial charge is 0.497 e. The number of fused-ring (bicyclic) bond motifs is 3. The molecule has 6 rings (SSSR count). The zero-order valence-electron chi connectivity index (χ0n) is 21.0. The number of aromatic nitrogens is 4. The summed E-state index contributed by atoms with van der Waals surface area (Å²) in [5.74, 6) is 2.54. The van der Waals surface area contributed by atoms with Gasteiger partial charge in [0.05, 0.1) is 25.8 Å². The first-order chi connectivity index (χ1) is 19.1. The minimum atomic E-state index is 0.0581. The van der Waals surface area contributed by atoms with Crippen molar-refractivity contribution in [2.24, 2.45) is 5.16 Å². The number of furan rings is 1. The Morgan fingerprint density at radius 3 is 2.56 bits per heavy atom. The molecule has 3 heterocycles. The highest BCUT2D eigenvalue weighted by Gasteiger charge is 2.23. The Balaban J connectivity index is 1.43. The van der Waals surface area contributed by atoms with Gasteiger partial charge in [-0.2, -0.15) is 0 Å². The number of rotatable bonds is 8. The average Bonchev–Trinajstić information content (AvgIpc) is 3.57. The van der Waals surface area contributed by atoms with Gasteiger partial charge in [-0.05, 0) is 35.9 Å². The van der Waals surface area contributed by atoms with E-state index in [1.54, 1.807) is 37.3 Å². The van der Waals surface area contributed by atoms with Gasteiger partial charge in [-0.25, -0.2) is 14.5 Å². The molecule has 0 aliphatic carbocycles. The summed E-state index contributed by atoms with van der Waals surface area (Å²) in [5.41, 5.74) is 4.34. The smallest absolute Gasteiger partial charge is 0.232 e. The molecule has 194 valence electrons. The minimum absolute atomic E-state index is 0.0581. The maximum absolute atomic E-state index is 6.33. The molecule has 6 aromatic rings. The van der Waals surface area contributed by atoms with Crippen LogP contribution in [0, 0.1) is 0 Å². The molecule has 0 bridgehead atoms. The Kier molecular flexibility index (Phi) is 6.56. The molecule has 0 saturated carbocycles. The summed E-state index contributed by atoms with van der Waals surface area (Å²) in [6.07, 6.45) is 3.12. The Morgan fingerprint density at radius 2 is 1.77 bits per heavy atom. The van der Waals surface area contributed by atoms with E-state index < -0.39 is 0 Å². The van der Waals surface area contributed by atoms with Gasteiger partial charge in [-0.1, -0.05) is 59.2 Å². The van der Waals surface area contributed by atoms with Crippen LogP contribution in [0.25, 0.3) is 39.2 Å². The molecular formula is C29H22ClN5O4. The summed E-state index contributed by atoms with van der Waals surface area (Å²) in [6, 6.07) is 22.8. The van der Waals surface area contributed by atoms with Crippen LogP contribution in [0.5, 0.6) is 11.5 Å². The van der Waals surface area contributed by atoms with Gasteiger partial charge in [0.2, 0.25) is 5.71 Å². The molecule has 0 spiro atoms. The highest BCUT2D eigenvalue weighted by atomic mass is 35.5. The molecule has 39 heavy (non-hydrogen) atoms. The summed E-state index contributed by atoms with van der Waals surface area (Å²) in [7, 11) is 3.27. The lowest BCUT2D eigenvalue weighted by atomic mass is 9.99. The van der Waals surface area contributed by atoms with Crippen LogP contribution < -0.4 is 9.47 Å². The van der Waals surface area contributed by atoms with E-state index in [1.807, 2.05) is 66.7 Å². The van der Waals surface area contributed by atoms with Crippen LogP contribution in [0.15, 0.2) is 88.7 Å². The lowest BCUT2D eigenvalue weighted by Crippen LogP contribution is -1.93. The topological polar surface area (TPSA) is 96.3 Å². The van der Waals surface area contributed by atoms with Crippen molar-refractivity contribution in [3.8, 4) is 33.9 Å². The fourth-order valence-electron chi connectivity index (χ4n) is 4.27. The van der Waals surface area contributed by atoms with E-state index in [0.717, 1.165) is 33.4 Å². The number of hydrogen-bond acceptors (Lipinski definition) is 8. The number of methoxy groups -OCH3 is 2. The van der Waals surface area contributed by atoms with Crippen molar-refractivity contribution in [1.29, 1.82) is 0 Å². The third-order valence-electron chi connectivity index (χ3n) is 6.15. The number of benzene rings is 3. The Bertz CT molecular complexity index is 1810. The van der Waals surface area contributed by atoms with Gasteiger partial charge in [-0.15, -0.1) is 5.10 Å². The van der Waals surface area contributed by atoms with Crippen molar-refractivity contribution in [1.82, 2.24) is 19.6 Å². The molecule has 0 radical (unpaired) electrons. The van der Waals surface area contributed by atoms with E-state index >= 15 is 0 Å². The molecular weight excluding hydrogens is 518 g/mol. The second-order valence-corrected chi connectivity index (χ2v) is 8.92. The molecule has 0 aliphatic heterocycles. The normalized spacial score (nSPS) is 11.5. The molecule has 9 nitrogen and oxygen atoms in total. The van der Waals surface area contributed by atoms with E-state index in [9.17, 15) is 0 Å². The third-order valence-corrected chi connectivity index (χ3v) is 6.49. The average molecular weight is 540 g/mol. The van der Waals surface area contributed by atoms with Crippen LogP contribution in [0.2, 0.25) is 5.02 Å². The van der Waals surface area contributed by atoms with Gasteiger partial charge in [0, 0.05) is 21.7 Å². The van der Waals surface area contributed by atoms with Gasteiger partial charge in [0.25, 0.3) is 0 Å². The van der Waals surface area contributed by atoms with Crippen LogP contribution in [0.4, 0.5) is 0 Å². The number of halogens is 1. The predicted octanol–water partition coefficient (Wildman–Crippen LogP) is 6.43. The Morgan fingerprint density at radius 1 is 0.949 bits per heavy atom.